The molecule has 3 aromatic rings. The van der Waals surface area contributed by atoms with Crippen LogP contribution >= 0.6 is 23.4 Å². The van der Waals surface area contributed by atoms with Gasteiger partial charge in [0.05, 0.1) is 6.04 Å². The Morgan fingerprint density at radius 3 is 2.41 bits per heavy atom. The highest BCUT2D eigenvalue weighted by Gasteiger charge is 2.25. The van der Waals surface area contributed by atoms with Crippen LogP contribution in [0.15, 0.2) is 53.7 Å². The van der Waals surface area contributed by atoms with Crippen molar-refractivity contribution in [1.29, 1.82) is 0 Å². The number of nitrogens with zero attached hydrogens (tertiary/aromatic N) is 3. The topological polar surface area (TPSA) is 59.8 Å². The summed E-state index contributed by atoms with van der Waals surface area (Å²) in [6.45, 7) is 4.04. The second-order valence-corrected chi connectivity index (χ2v) is 8.40. The highest BCUT2D eigenvalue weighted by atomic mass is 35.5. The zero-order chi connectivity index (χ0) is 21.0. The molecule has 1 atom stereocenters. The molecule has 1 amide bonds. The van der Waals surface area contributed by atoms with Crippen LogP contribution in [-0.4, -0.2) is 20.7 Å². The lowest BCUT2D eigenvalue weighted by Gasteiger charge is -2.21. The molecule has 2 aromatic carbocycles. The fourth-order valence-electron chi connectivity index (χ4n) is 2.81. The number of nitrogens with one attached hydrogen (secondary N) is 1. The van der Waals surface area contributed by atoms with E-state index in [1.807, 2.05) is 25.5 Å². The number of aromatic nitrogens is 3. The molecule has 8 heteroatoms. The van der Waals surface area contributed by atoms with E-state index in [4.69, 9.17) is 11.6 Å². The Bertz CT molecular complexity index is 973. The Balaban J connectivity index is 1.73. The maximum Gasteiger partial charge on any atom is 0.251 e. The fourth-order valence-corrected chi connectivity index (χ4v) is 3.81. The predicted octanol–water partition coefficient (Wildman–Crippen LogP) is 5.03. The molecule has 0 aliphatic rings. The summed E-state index contributed by atoms with van der Waals surface area (Å²) in [4.78, 5) is 12.7. The molecule has 0 radical (unpaired) electrons. The SMILES string of the molecule is CC(C)C(NC(=O)c1ccc(Cl)cc1)c1nnc(SCc2ccc(F)cc2)n1C. The molecular formula is C21H22ClFN4OS. The Hall–Kier alpha value is -2.38. The monoisotopic (exact) mass is 432 g/mol. The maximum absolute atomic E-state index is 13.1. The van der Waals surface area contributed by atoms with Gasteiger partial charge in [0.1, 0.15) is 5.82 Å². The van der Waals surface area contributed by atoms with Gasteiger partial charge in [0, 0.05) is 23.4 Å². The number of carbonyl (C=O) groups excluding carboxylic acids is 1. The van der Waals surface area contributed by atoms with Crippen LogP contribution in [0.4, 0.5) is 4.39 Å². The molecule has 1 unspecified atom stereocenters. The van der Waals surface area contributed by atoms with E-state index >= 15 is 0 Å². The van der Waals surface area contributed by atoms with Crippen molar-refractivity contribution in [2.24, 2.45) is 13.0 Å². The van der Waals surface area contributed by atoms with Gasteiger partial charge in [0.25, 0.3) is 5.91 Å². The lowest BCUT2D eigenvalue weighted by Crippen LogP contribution is -2.33. The number of thioether (sulfide) groups is 1. The number of benzene rings is 2. The third-order valence-corrected chi connectivity index (χ3v) is 5.83. The molecule has 5 nitrogen and oxygen atoms in total. The van der Waals surface area contributed by atoms with E-state index < -0.39 is 0 Å². The maximum atomic E-state index is 13.1. The van der Waals surface area contributed by atoms with Crippen LogP contribution in [0.1, 0.15) is 41.6 Å². The van der Waals surface area contributed by atoms with Gasteiger partial charge in [0.2, 0.25) is 0 Å². The lowest BCUT2D eigenvalue weighted by molar-refractivity contribution is 0.0922. The molecule has 0 fully saturated rings. The van der Waals surface area contributed by atoms with Crippen molar-refractivity contribution in [3.8, 4) is 0 Å². The van der Waals surface area contributed by atoms with Crippen LogP contribution in [0.5, 0.6) is 0 Å². The Labute approximate surface area is 178 Å². The molecule has 1 heterocycles. The van der Waals surface area contributed by atoms with Gasteiger partial charge < -0.3 is 9.88 Å². The van der Waals surface area contributed by atoms with Crippen molar-refractivity contribution in [1.82, 2.24) is 20.1 Å². The fraction of sp³-hybridized carbons (Fsp3) is 0.286. The van der Waals surface area contributed by atoms with Gasteiger partial charge in [-0.05, 0) is 47.9 Å². The first-order chi connectivity index (χ1) is 13.8. The van der Waals surface area contributed by atoms with Gasteiger partial charge >= 0.3 is 0 Å². The first-order valence-electron chi connectivity index (χ1n) is 9.18. The smallest absolute Gasteiger partial charge is 0.251 e. The number of hydrogen-bond acceptors (Lipinski definition) is 4. The highest BCUT2D eigenvalue weighted by Crippen LogP contribution is 2.26. The average molecular weight is 433 g/mol. The first kappa shape index (κ1) is 21.3. The van der Waals surface area contributed by atoms with Crippen LogP contribution in [-0.2, 0) is 12.8 Å². The molecule has 3 rings (SSSR count). The van der Waals surface area contributed by atoms with Crippen molar-refractivity contribution >= 4 is 29.3 Å². The molecule has 0 saturated carbocycles. The van der Waals surface area contributed by atoms with E-state index in [-0.39, 0.29) is 23.7 Å². The largest absolute Gasteiger partial charge is 0.342 e. The van der Waals surface area contributed by atoms with Crippen LogP contribution in [0.3, 0.4) is 0 Å². The summed E-state index contributed by atoms with van der Waals surface area (Å²) in [7, 11) is 1.88. The lowest BCUT2D eigenvalue weighted by atomic mass is 10.0. The summed E-state index contributed by atoms with van der Waals surface area (Å²) >= 11 is 7.41. The minimum absolute atomic E-state index is 0.115. The van der Waals surface area contributed by atoms with Crippen LogP contribution in [0.2, 0.25) is 5.02 Å². The molecule has 0 spiro atoms. The van der Waals surface area contributed by atoms with Crippen LogP contribution in [0, 0.1) is 11.7 Å². The van der Waals surface area contributed by atoms with E-state index in [2.05, 4.69) is 15.5 Å². The van der Waals surface area contributed by atoms with E-state index in [1.165, 1.54) is 23.9 Å². The summed E-state index contributed by atoms with van der Waals surface area (Å²) in [6.07, 6.45) is 0. The van der Waals surface area contributed by atoms with Crippen molar-refractivity contribution in [3.63, 3.8) is 0 Å². The van der Waals surface area contributed by atoms with Crippen molar-refractivity contribution in [2.75, 3.05) is 0 Å². The minimum Gasteiger partial charge on any atom is -0.342 e. The van der Waals surface area contributed by atoms with Crippen LogP contribution in [0.25, 0.3) is 0 Å². The molecule has 0 bridgehead atoms. The van der Waals surface area contributed by atoms with Gasteiger partial charge in [-0.2, -0.15) is 0 Å². The number of hydrogen-bond donors (Lipinski definition) is 1. The number of carbonyl (C=O) groups is 1. The molecule has 0 aliphatic carbocycles. The zero-order valence-electron chi connectivity index (χ0n) is 16.4. The summed E-state index contributed by atoms with van der Waals surface area (Å²) < 4.78 is 14.9. The van der Waals surface area contributed by atoms with Gasteiger partial charge in [-0.1, -0.05) is 49.3 Å². The van der Waals surface area contributed by atoms with E-state index in [0.717, 1.165) is 10.7 Å². The first-order valence-corrected chi connectivity index (χ1v) is 10.5. The van der Waals surface area contributed by atoms with Crippen molar-refractivity contribution < 1.29 is 9.18 Å². The Morgan fingerprint density at radius 1 is 1.14 bits per heavy atom. The molecule has 0 saturated heterocycles. The van der Waals surface area contributed by atoms with Gasteiger partial charge in [-0.3, -0.25) is 4.79 Å². The normalized spacial score (nSPS) is 12.2. The van der Waals surface area contributed by atoms with Crippen molar-refractivity contribution in [2.45, 2.75) is 30.8 Å². The quantitative estimate of drug-likeness (QED) is 0.532. The number of amides is 1. The minimum atomic E-state index is -0.296. The average Bonchev–Trinajstić information content (AvgIpc) is 3.06. The Morgan fingerprint density at radius 2 is 1.79 bits per heavy atom. The molecule has 1 N–H and O–H groups in total. The van der Waals surface area contributed by atoms with Gasteiger partial charge in [-0.25, -0.2) is 4.39 Å². The second-order valence-electron chi connectivity index (χ2n) is 7.02. The van der Waals surface area contributed by atoms with Crippen LogP contribution < -0.4 is 5.32 Å². The molecule has 1 aromatic heterocycles. The van der Waals surface area contributed by atoms with E-state index in [0.29, 0.717) is 22.2 Å². The number of rotatable bonds is 7. The number of halogens is 2. The highest BCUT2D eigenvalue weighted by molar-refractivity contribution is 7.98. The summed E-state index contributed by atoms with van der Waals surface area (Å²) in [5.41, 5.74) is 1.53. The summed E-state index contributed by atoms with van der Waals surface area (Å²) in [5, 5.41) is 13.0. The zero-order valence-corrected chi connectivity index (χ0v) is 18.0. The van der Waals surface area contributed by atoms with Gasteiger partial charge in [0.15, 0.2) is 11.0 Å². The second kappa shape index (κ2) is 9.41. The molecular weight excluding hydrogens is 411 g/mol. The van der Waals surface area contributed by atoms with Gasteiger partial charge in [-0.15, -0.1) is 10.2 Å². The summed E-state index contributed by atoms with van der Waals surface area (Å²) in [6, 6.07) is 12.9. The predicted molar refractivity (Wildman–Crippen MR) is 113 cm³/mol. The van der Waals surface area contributed by atoms with Crippen molar-refractivity contribution in [3.05, 3.63) is 76.3 Å². The third-order valence-electron chi connectivity index (χ3n) is 4.49. The van der Waals surface area contributed by atoms with E-state index in [9.17, 15) is 9.18 Å². The molecule has 29 heavy (non-hydrogen) atoms. The standard InChI is InChI=1S/C21H22ClFN4OS/c1-13(2)18(24-20(28)15-6-8-16(22)9-7-15)19-25-26-21(27(19)3)29-12-14-4-10-17(23)11-5-14/h4-11,13,18H,12H2,1-3H3,(H,24,28). The summed E-state index contributed by atoms with van der Waals surface area (Å²) in [5.74, 6) is 1.00. The Kier molecular flexibility index (Phi) is 6.92. The molecule has 0 aliphatic heterocycles. The molecule has 152 valence electrons. The van der Waals surface area contributed by atoms with E-state index in [1.54, 1.807) is 36.4 Å². The third kappa shape index (κ3) is 5.36.